The molecule has 0 aliphatic carbocycles. The molecule has 316 valence electrons. The lowest BCUT2D eigenvalue weighted by molar-refractivity contribution is -0.192. The van der Waals surface area contributed by atoms with Crippen molar-refractivity contribution in [2.24, 2.45) is 17.0 Å². The van der Waals surface area contributed by atoms with Crippen molar-refractivity contribution in [1.29, 1.82) is 0 Å². The van der Waals surface area contributed by atoms with Crippen molar-refractivity contribution in [2.75, 3.05) is 26.2 Å². The molecule has 2 aliphatic rings. The number of carbonyl (C=O) groups excluding carboxylic acids is 2. The standard InChI is InChI=1S/C42H49BrN4O4S.C2HF3O2/c43-39-14-10-33(11-15-39)27-41(48)47(29-34-12-16-40(17-13-34)52(44,50)51)30-35-6-2-7-36(26-35)37-8-3-9-38(28-37)42(49)46-24-20-32(21-25-46)5-1-4-31-18-22-45-23-19-31;3-2(4,5)1(6)7/h2-3,6-17,26,28,31-32,45H,1,4-5,18-25,27,29-30H2,(H2,44,50,51);(H,6,7). The van der Waals surface area contributed by atoms with Gasteiger partial charge >= 0.3 is 12.1 Å². The van der Waals surface area contributed by atoms with Crippen LogP contribution >= 0.6 is 15.9 Å². The predicted octanol–water partition coefficient (Wildman–Crippen LogP) is 8.19. The van der Waals surface area contributed by atoms with E-state index in [-0.39, 0.29) is 23.1 Å². The molecule has 6 rings (SSSR count). The highest BCUT2D eigenvalue weighted by Crippen LogP contribution is 2.28. The van der Waals surface area contributed by atoms with Crippen molar-refractivity contribution in [3.63, 3.8) is 0 Å². The normalized spacial score (nSPS) is 15.2. The lowest BCUT2D eigenvalue weighted by Gasteiger charge is -2.32. The first-order valence-electron chi connectivity index (χ1n) is 19.7. The van der Waals surface area contributed by atoms with Gasteiger partial charge in [-0.25, -0.2) is 18.4 Å². The van der Waals surface area contributed by atoms with E-state index >= 15 is 0 Å². The number of sulfonamides is 1. The van der Waals surface area contributed by atoms with E-state index in [1.807, 2.05) is 71.6 Å². The molecule has 59 heavy (non-hydrogen) atoms. The first-order valence-corrected chi connectivity index (χ1v) is 22.0. The van der Waals surface area contributed by atoms with Crippen LogP contribution in [-0.4, -0.2) is 73.5 Å². The van der Waals surface area contributed by atoms with Gasteiger partial charge in [0.05, 0.1) is 11.3 Å². The molecule has 4 N–H and O–H groups in total. The largest absolute Gasteiger partial charge is 0.490 e. The van der Waals surface area contributed by atoms with Gasteiger partial charge in [0.2, 0.25) is 15.9 Å². The maximum atomic E-state index is 13.7. The minimum absolute atomic E-state index is 0.0280. The third-order valence-corrected chi connectivity index (χ3v) is 12.3. The highest BCUT2D eigenvalue weighted by atomic mass is 79.9. The fourth-order valence-corrected chi connectivity index (χ4v) is 8.28. The number of carboxylic acids is 1. The number of benzene rings is 4. The molecular formula is C44H50BrF3N4O6S. The molecule has 0 saturated carbocycles. The molecular weight excluding hydrogens is 849 g/mol. The second-order valence-corrected chi connectivity index (χ2v) is 17.7. The van der Waals surface area contributed by atoms with Crippen LogP contribution in [0.15, 0.2) is 106 Å². The van der Waals surface area contributed by atoms with Gasteiger partial charge in [0.25, 0.3) is 5.91 Å². The van der Waals surface area contributed by atoms with E-state index in [0.717, 1.165) is 77.2 Å². The monoisotopic (exact) mass is 898 g/mol. The Morgan fingerprint density at radius 3 is 1.92 bits per heavy atom. The summed E-state index contributed by atoms with van der Waals surface area (Å²) in [6, 6.07) is 29.9. The summed E-state index contributed by atoms with van der Waals surface area (Å²) in [4.78, 5) is 40.1. The Balaban J connectivity index is 0.000000867. The van der Waals surface area contributed by atoms with Crippen molar-refractivity contribution in [2.45, 2.75) is 75.5 Å². The minimum Gasteiger partial charge on any atom is -0.475 e. The van der Waals surface area contributed by atoms with Gasteiger partial charge in [-0.05, 0) is 121 Å². The van der Waals surface area contributed by atoms with Gasteiger partial charge in [-0.1, -0.05) is 89.8 Å². The predicted molar refractivity (Wildman–Crippen MR) is 224 cm³/mol. The molecule has 2 saturated heterocycles. The minimum atomic E-state index is -5.08. The topological polar surface area (TPSA) is 150 Å². The second-order valence-electron chi connectivity index (χ2n) is 15.2. The average molecular weight is 900 g/mol. The number of carboxylic acid groups (broad SMARTS) is 1. The average Bonchev–Trinajstić information content (AvgIpc) is 3.22. The van der Waals surface area contributed by atoms with E-state index in [1.165, 1.54) is 44.2 Å². The van der Waals surface area contributed by atoms with Crippen molar-refractivity contribution >= 4 is 43.7 Å². The third-order valence-electron chi connectivity index (χ3n) is 10.8. The molecule has 0 unspecified atom stereocenters. The van der Waals surface area contributed by atoms with Crippen LogP contribution in [0, 0.1) is 11.8 Å². The first-order chi connectivity index (χ1) is 28.0. The van der Waals surface area contributed by atoms with Crippen LogP contribution in [-0.2, 0) is 39.1 Å². The lowest BCUT2D eigenvalue weighted by atomic mass is 9.87. The maximum Gasteiger partial charge on any atom is 0.490 e. The summed E-state index contributed by atoms with van der Waals surface area (Å²) >= 11 is 3.46. The van der Waals surface area contributed by atoms with Crippen molar-refractivity contribution < 1.29 is 41.1 Å². The number of halogens is 4. The van der Waals surface area contributed by atoms with E-state index in [1.54, 1.807) is 17.0 Å². The summed E-state index contributed by atoms with van der Waals surface area (Å²) in [5.74, 6) is -1.13. The molecule has 0 aromatic heterocycles. The van der Waals surface area contributed by atoms with E-state index in [0.29, 0.717) is 24.6 Å². The number of hydrogen-bond acceptors (Lipinski definition) is 6. The molecule has 10 nitrogen and oxygen atoms in total. The molecule has 0 radical (unpaired) electrons. The van der Waals surface area contributed by atoms with Crippen LogP contribution in [0.5, 0.6) is 0 Å². The molecule has 2 heterocycles. The van der Waals surface area contributed by atoms with Crippen LogP contribution < -0.4 is 10.5 Å². The Hall–Kier alpha value is -4.57. The molecule has 4 aromatic carbocycles. The van der Waals surface area contributed by atoms with Crippen LogP contribution in [0.3, 0.4) is 0 Å². The lowest BCUT2D eigenvalue weighted by Crippen LogP contribution is -2.38. The van der Waals surface area contributed by atoms with E-state index in [2.05, 4.69) is 27.3 Å². The number of nitrogens with one attached hydrogen (secondary N) is 1. The fourth-order valence-electron chi connectivity index (χ4n) is 7.50. The Labute approximate surface area is 352 Å². The highest BCUT2D eigenvalue weighted by Gasteiger charge is 2.38. The summed E-state index contributed by atoms with van der Waals surface area (Å²) in [6.45, 7) is 4.59. The maximum absolute atomic E-state index is 13.7. The number of hydrogen-bond donors (Lipinski definition) is 3. The van der Waals surface area contributed by atoms with Crippen LogP contribution in [0.4, 0.5) is 13.2 Å². The number of aliphatic carboxylic acids is 1. The number of piperidine rings is 2. The SMILES string of the molecule is NS(=O)(=O)c1ccc(CN(Cc2cccc(-c3cccc(C(=O)N4CCC(CCCC5CCNCC5)CC4)c3)c2)C(=O)Cc2ccc(Br)cc2)cc1.O=C(O)C(F)(F)F. The van der Waals surface area contributed by atoms with Crippen LogP contribution in [0.1, 0.15) is 72.0 Å². The number of alkyl halides is 3. The summed E-state index contributed by atoms with van der Waals surface area (Å²) in [5, 5.41) is 15.9. The summed E-state index contributed by atoms with van der Waals surface area (Å²) < 4.78 is 56.3. The Morgan fingerprint density at radius 1 is 0.780 bits per heavy atom. The third kappa shape index (κ3) is 14.3. The zero-order valence-electron chi connectivity index (χ0n) is 32.7. The molecule has 2 amide bonds. The van der Waals surface area contributed by atoms with Gasteiger partial charge in [0.15, 0.2) is 0 Å². The van der Waals surface area contributed by atoms with E-state index in [9.17, 15) is 31.2 Å². The van der Waals surface area contributed by atoms with Crippen LogP contribution in [0.25, 0.3) is 11.1 Å². The van der Waals surface area contributed by atoms with Gasteiger partial charge in [0, 0.05) is 36.2 Å². The number of rotatable bonds is 13. The Morgan fingerprint density at radius 2 is 1.32 bits per heavy atom. The number of amides is 2. The quantitative estimate of drug-likeness (QED) is 0.123. The molecule has 4 aromatic rings. The fraction of sp³-hybridized carbons (Fsp3) is 0.386. The second kappa shape index (κ2) is 21.1. The Kier molecular flexibility index (Phi) is 16.3. The number of nitrogens with zero attached hydrogens (tertiary/aromatic N) is 2. The zero-order valence-corrected chi connectivity index (χ0v) is 35.1. The Bertz CT molecular complexity index is 2140. The highest BCUT2D eigenvalue weighted by molar-refractivity contribution is 9.10. The molecule has 15 heteroatoms. The van der Waals surface area contributed by atoms with Crippen molar-refractivity contribution in [1.82, 2.24) is 15.1 Å². The van der Waals surface area contributed by atoms with Crippen molar-refractivity contribution in [3.8, 4) is 11.1 Å². The van der Waals surface area contributed by atoms with Gasteiger partial charge in [0.1, 0.15) is 0 Å². The smallest absolute Gasteiger partial charge is 0.475 e. The number of nitrogens with two attached hydrogens (primary N) is 1. The molecule has 0 atom stereocenters. The van der Waals surface area contributed by atoms with Gasteiger partial charge in [-0.2, -0.15) is 13.2 Å². The van der Waals surface area contributed by atoms with E-state index in [4.69, 9.17) is 15.0 Å². The summed E-state index contributed by atoms with van der Waals surface area (Å²) in [5.41, 5.74) is 5.25. The van der Waals surface area contributed by atoms with Gasteiger partial charge < -0.3 is 20.2 Å². The molecule has 2 aliphatic heterocycles. The number of carbonyl (C=O) groups is 3. The summed E-state index contributed by atoms with van der Waals surface area (Å²) in [7, 11) is -3.82. The summed E-state index contributed by atoms with van der Waals surface area (Å²) in [6.07, 6.45) is 3.83. The van der Waals surface area contributed by atoms with Crippen molar-refractivity contribution in [3.05, 3.63) is 124 Å². The van der Waals surface area contributed by atoms with Crippen LogP contribution in [0.2, 0.25) is 0 Å². The zero-order chi connectivity index (χ0) is 42.6. The number of primary sulfonamides is 1. The number of likely N-dealkylation sites (tertiary alicyclic amines) is 1. The molecule has 0 spiro atoms. The molecule has 2 fully saturated rings. The van der Waals surface area contributed by atoms with Gasteiger partial charge in [-0.3, -0.25) is 9.59 Å². The van der Waals surface area contributed by atoms with Gasteiger partial charge in [-0.15, -0.1) is 0 Å². The first kappa shape index (κ1) is 45.5. The molecule has 0 bridgehead atoms. The van der Waals surface area contributed by atoms with E-state index < -0.39 is 22.2 Å².